The lowest BCUT2D eigenvalue weighted by atomic mass is 10.2. The third-order valence-corrected chi connectivity index (χ3v) is 5.51. The van der Waals surface area contributed by atoms with Crippen LogP contribution in [0.4, 0.5) is 0 Å². The Balaban J connectivity index is 2.25. The van der Waals surface area contributed by atoms with E-state index in [1.807, 2.05) is 6.92 Å². The Morgan fingerprint density at radius 3 is 2.70 bits per heavy atom. The Kier molecular flexibility index (Phi) is 4.67. The summed E-state index contributed by atoms with van der Waals surface area (Å²) in [6.45, 7) is 3.47. The molecular weight excluding hydrogens is 316 g/mol. The van der Waals surface area contributed by atoms with Crippen LogP contribution in [-0.4, -0.2) is 29.9 Å². The highest BCUT2D eigenvalue weighted by atomic mass is 32.1. The van der Waals surface area contributed by atoms with Gasteiger partial charge in [-0.3, -0.25) is 24.8 Å². The number of hydrazine groups is 1. The maximum atomic E-state index is 12.9. The Morgan fingerprint density at radius 2 is 2.09 bits per heavy atom. The predicted molar refractivity (Wildman–Crippen MR) is 91.1 cm³/mol. The molecule has 2 aromatic heterocycles. The lowest BCUT2D eigenvalue weighted by molar-refractivity contribution is 0.186. The monoisotopic (exact) mass is 338 g/mol. The van der Waals surface area contributed by atoms with Gasteiger partial charge >= 0.3 is 5.69 Å². The zero-order valence-electron chi connectivity index (χ0n) is 13.6. The molecule has 2 aromatic rings. The summed E-state index contributed by atoms with van der Waals surface area (Å²) < 4.78 is 8.26. The maximum absolute atomic E-state index is 12.9. The van der Waals surface area contributed by atoms with Crippen molar-refractivity contribution in [3.63, 3.8) is 0 Å². The summed E-state index contributed by atoms with van der Waals surface area (Å²) in [5.74, 6) is 0. The molecule has 1 aliphatic rings. The number of thiophene rings is 1. The number of fused-ring (bicyclic) bond motifs is 1. The van der Waals surface area contributed by atoms with Gasteiger partial charge in [0.05, 0.1) is 18.5 Å². The van der Waals surface area contributed by atoms with Crippen LogP contribution in [0.3, 0.4) is 0 Å². The van der Waals surface area contributed by atoms with E-state index < -0.39 is 0 Å². The van der Waals surface area contributed by atoms with Crippen LogP contribution in [0.15, 0.2) is 9.59 Å². The number of methoxy groups -OCH3 is 1. The molecule has 0 saturated heterocycles. The molecule has 0 bridgehead atoms. The van der Waals surface area contributed by atoms with Gasteiger partial charge in [-0.25, -0.2) is 4.79 Å². The van der Waals surface area contributed by atoms with Gasteiger partial charge in [-0.15, -0.1) is 11.3 Å². The van der Waals surface area contributed by atoms with E-state index in [0.29, 0.717) is 25.1 Å². The van der Waals surface area contributed by atoms with Gasteiger partial charge in [-0.05, 0) is 32.4 Å². The molecule has 2 heterocycles. The van der Waals surface area contributed by atoms with Gasteiger partial charge in [-0.1, -0.05) is 0 Å². The van der Waals surface area contributed by atoms with Gasteiger partial charge in [0.15, 0.2) is 0 Å². The highest BCUT2D eigenvalue weighted by molar-refractivity contribution is 7.18. The van der Waals surface area contributed by atoms with Gasteiger partial charge < -0.3 is 4.74 Å². The number of hydrogen-bond donors (Lipinski definition) is 2. The highest BCUT2D eigenvalue weighted by Gasteiger charge is 2.30. The van der Waals surface area contributed by atoms with Gasteiger partial charge in [0.25, 0.3) is 5.56 Å². The Bertz CT molecular complexity index is 832. The van der Waals surface area contributed by atoms with Crippen molar-refractivity contribution in [2.24, 2.45) is 0 Å². The molecule has 0 aromatic carbocycles. The molecule has 1 aliphatic carbocycles. The summed E-state index contributed by atoms with van der Waals surface area (Å²) >= 11 is 1.50. The minimum absolute atomic E-state index is 0.0615. The number of rotatable bonds is 7. The Morgan fingerprint density at radius 1 is 1.35 bits per heavy atom. The van der Waals surface area contributed by atoms with Crippen LogP contribution in [0.1, 0.15) is 29.3 Å². The number of aryl methyl sites for hydroxylation is 1. The second kappa shape index (κ2) is 6.56. The summed E-state index contributed by atoms with van der Waals surface area (Å²) in [6.07, 6.45) is 1.81. The molecule has 0 unspecified atom stereocenters. The van der Waals surface area contributed by atoms with Crippen molar-refractivity contribution in [3.8, 4) is 0 Å². The van der Waals surface area contributed by atoms with Crippen LogP contribution < -0.4 is 22.1 Å². The second-order valence-electron chi connectivity index (χ2n) is 5.77. The number of nitrogens with one attached hydrogen (secondary N) is 2. The van der Waals surface area contributed by atoms with E-state index in [1.54, 1.807) is 18.7 Å². The van der Waals surface area contributed by atoms with Crippen molar-refractivity contribution in [2.45, 2.75) is 38.9 Å². The molecule has 3 rings (SSSR count). The summed E-state index contributed by atoms with van der Waals surface area (Å²) in [5.41, 5.74) is 6.54. The average molecular weight is 338 g/mol. The third-order valence-electron chi connectivity index (χ3n) is 4.20. The predicted octanol–water partition coefficient (Wildman–Crippen LogP) is 0.738. The lowest BCUT2D eigenvalue weighted by Crippen LogP contribution is -2.39. The van der Waals surface area contributed by atoms with Crippen molar-refractivity contribution in [3.05, 3.63) is 31.3 Å². The van der Waals surface area contributed by atoms with Crippen LogP contribution in [0, 0.1) is 6.92 Å². The van der Waals surface area contributed by atoms with E-state index in [0.717, 1.165) is 28.1 Å². The fraction of sp³-hybridized carbons (Fsp3) is 0.600. The standard InChI is InChI=1S/C15H22N4O3S/c1-9-11(8-17-16-2)23-14-12(9)13(20)19(10-4-5-10)15(21)18(14)6-7-22-3/h10,16-17H,4-8H2,1-3H3. The lowest BCUT2D eigenvalue weighted by Gasteiger charge is -2.11. The first-order valence-electron chi connectivity index (χ1n) is 7.76. The van der Waals surface area contributed by atoms with Crippen LogP contribution in [0.25, 0.3) is 10.2 Å². The van der Waals surface area contributed by atoms with Crippen molar-refractivity contribution >= 4 is 21.6 Å². The molecule has 126 valence electrons. The Labute approximate surface area is 137 Å². The molecule has 0 radical (unpaired) electrons. The zero-order valence-corrected chi connectivity index (χ0v) is 14.5. The molecule has 0 spiro atoms. The smallest absolute Gasteiger partial charge is 0.332 e. The number of nitrogens with zero attached hydrogens (tertiary/aromatic N) is 2. The largest absolute Gasteiger partial charge is 0.383 e. The molecule has 23 heavy (non-hydrogen) atoms. The van der Waals surface area contributed by atoms with Crippen LogP contribution in [-0.2, 0) is 17.8 Å². The SMILES string of the molecule is CNNCc1sc2c(c1C)c(=O)n(C1CC1)c(=O)n2CCOC. The van der Waals surface area contributed by atoms with Crippen molar-refractivity contribution in [1.29, 1.82) is 0 Å². The van der Waals surface area contributed by atoms with Gasteiger partial charge in [0, 0.05) is 24.6 Å². The quantitative estimate of drug-likeness (QED) is 0.728. The van der Waals surface area contributed by atoms with Crippen molar-refractivity contribution in [1.82, 2.24) is 20.0 Å². The molecule has 0 atom stereocenters. The third kappa shape index (κ3) is 2.87. The molecule has 2 N–H and O–H groups in total. The van der Waals surface area contributed by atoms with Gasteiger partial charge in [-0.2, -0.15) is 0 Å². The summed E-state index contributed by atoms with van der Waals surface area (Å²) in [6, 6.07) is 0.0615. The number of hydrogen-bond acceptors (Lipinski definition) is 6. The molecular formula is C15H22N4O3S. The van der Waals surface area contributed by atoms with E-state index in [4.69, 9.17) is 4.74 Å². The molecule has 8 heteroatoms. The fourth-order valence-electron chi connectivity index (χ4n) is 2.78. The minimum atomic E-state index is -0.212. The topological polar surface area (TPSA) is 77.3 Å². The van der Waals surface area contributed by atoms with E-state index in [9.17, 15) is 9.59 Å². The van der Waals surface area contributed by atoms with Crippen LogP contribution in [0.2, 0.25) is 0 Å². The van der Waals surface area contributed by atoms with Crippen molar-refractivity contribution in [2.75, 3.05) is 20.8 Å². The van der Waals surface area contributed by atoms with Crippen LogP contribution in [0.5, 0.6) is 0 Å². The maximum Gasteiger partial charge on any atom is 0.332 e. The first-order chi connectivity index (χ1) is 11.1. The average Bonchev–Trinajstić information content (AvgIpc) is 3.30. The molecule has 1 fully saturated rings. The molecule has 0 amide bonds. The normalized spacial score (nSPS) is 14.7. The van der Waals surface area contributed by atoms with E-state index in [2.05, 4.69) is 10.9 Å². The van der Waals surface area contributed by atoms with Gasteiger partial charge in [0.1, 0.15) is 4.83 Å². The minimum Gasteiger partial charge on any atom is -0.383 e. The number of aromatic nitrogens is 2. The first-order valence-corrected chi connectivity index (χ1v) is 8.57. The van der Waals surface area contributed by atoms with E-state index in [1.165, 1.54) is 15.9 Å². The van der Waals surface area contributed by atoms with Crippen molar-refractivity contribution < 1.29 is 4.74 Å². The van der Waals surface area contributed by atoms with Crippen LogP contribution >= 0.6 is 11.3 Å². The second-order valence-corrected chi connectivity index (χ2v) is 6.85. The van der Waals surface area contributed by atoms with E-state index in [-0.39, 0.29) is 17.3 Å². The first kappa shape index (κ1) is 16.4. The fourth-order valence-corrected chi connectivity index (χ4v) is 4.04. The number of ether oxygens (including phenoxy) is 1. The van der Waals surface area contributed by atoms with Gasteiger partial charge in [0.2, 0.25) is 0 Å². The summed E-state index contributed by atoms with van der Waals surface area (Å²) in [4.78, 5) is 27.4. The molecule has 1 saturated carbocycles. The molecule has 0 aliphatic heterocycles. The zero-order chi connectivity index (χ0) is 16.6. The summed E-state index contributed by atoms with van der Waals surface area (Å²) in [5, 5.41) is 0.672. The van der Waals surface area contributed by atoms with E-state index >= 15 is 0 Å². The highest BCUT2D eigenvalue weighted by Crippen LogP contribution is 2.34. The Hall–Kier alpha value is -1.48. The molecule has 7 nitrogen and oxygen atoms in total. The summed E-state index contributed by atoms with van der Waals surface area (Å²) in [7, 11) is 3.42.